The predicted molar refractivity (Wildman–Crippen MR) is 110 cm³/mol. The number of amides is 2. The lowest BCUT2D eigenvalue weighted by molar-refractivity contribution is 0.0945. The van der Waals surface area contributed by atoms with Crippen LogP contribution in [-0.4, -0.2) is 25.0 Å². The number of hydrogen-bond donors (Lipinski definition) is 2. The van der Waals surface area contributed by atoms with Gasteiger partial charge in [-0.25, -0.2) is 0 Å². The molecular formula is C23H22N2O4. The highest BCUT2D eigenvalue weighted by molar-refractivity contribution is 5.97. The van der Waals surface area contributed by atoms with E-state index in [-0.39, 0.29) is 12.5 Å². The number of primary amides is 1. The molecule has 0 radical (unpaired) electrons. The highest BCUT2D eigenvalue weighted by atomic mass is 16.5. The molecule has 0 aliphatic carbocycles. The molecule has 0 aromatic heterocycles. The number of rotatable bonds is 9. The van der Waals surface area contributed by atoms with Crippen LogP contribution in [0.25, 0.3) is 0 Å². The number of nitrogens with two attached hydrogens (primary N) is 1. The Labute approximate surface area is 169 Å². The van der Waals surface area contributed by atoms with E-state index in [1.165, 1.54) is 0 Å². The summed E-state index contributed by atoms with van der Waals surface area (Å²) in [5, 5.41) is 2.84. The van der Waals surface area contributed by atoms with Crippen molar-refractivity contribution in [3.8, 4) is 11.5 Å². The van der Waals surface area contributed by atoms with Gasteiger partial charge in [-0.05, 0) is 42.0 Å². The van der Waals surface area contributed by atoms with Crippen LogP contribution in [-0.2, 0) is 6.54 Å². The molecule has 0 aliphatic heterocycles. The van der Waals surface area contributed by atoms with Crippen LogP contribution in [0.15, 0.2) is 78.9 Å². The second-order valence-corrected chi connectivity index (χ2v) is 6.25. The summed E-state index contributed by atoms with van der Waals surface area (Å²) in [6, 6.07) is 23.3. The van der Waals surface area contributed by atoms with Gasteiger partial charge in [0.05, 0.1) is 5.56 Å². The van der Waals surface area contributed by atoms with Crippen molar-refractivity contribution in [3.63, 3.8) is 0 Å². The molecule has 148 valence electrons. The number of carbonyl (C=O) groups excluding carboxylic acids is 2. The second-order valence-electron chi connectivity index (χ2n) is 6.25. The van der Waals surface area contributed by atoms with E-state index in [0.717, 1.165) is 11.3 Å². The first-order valence-electron chi connectivity index (χ1n) is 9.20. The molecule has 3 aromatic carbocycles. The zero-order valence-corrected chi connectivity index (χ0v) is 15.8. The van der Waals surface area contributed by atoms with Crippen molar-refractivity contribution in [3.05, 3.63) is 95.6 Å². The maximum absolute atomic E-state index is 12.6. The molecule has 6 heteroatoms. The van der Waals surface area contributed by atoms with Crippen molar-refractivity contribution in [2.45, 2.75) is 6.54 Å². The number of para-hydroxylation sites is 2. The lowest BCUT2D eigenvalue weighted by Crippen LogP contribution is -2.24. The molecule has 29 heavy (non-hydrogen) atoms. The van der Waals surface area contributed by atoms with E-state index in [0.29, 0.717) is 30.1 Å². The van der Waals surface area contributed by atoms with Crippen LogP contribution in [0, 0.1) is 0 Å². The van der Waals surface area contributed by atoms with Gasteiger partial charge < -0.3 is 20.5 Å². The molecule has 0 atom stereocenters. The predicted octanol–water partition coefficient (Wildman–Crippen LogP) is 3.17. The molecular weight excluding hydrogens is 368 g/mol. The Morgan fingerprint density at radius 2 is 1.55 bits per heavy atom. The average molecular weight is 390 g/mol. The zero-order chi connectivity index (χ0) is 20.5. The SMILES string of the molecule is NC(=O)c1cccc(CNC(=O)c2ccccc2OCCOc2ccccc2)c1. The fourth-order valence-corrected chi connectivity index (χ4v) is 2.72. The summed E-state index contributed by atoms with van der Waals surface area (Å²) in [5.74, 6) is 0.469. The van der Waals surface area contributed by atoms with E-state index < -0.39 is 5.91 Å². The highest BCUT2D eigenvalue weighted by Gasteiger charge is 2.12. The van der Waals surface area contributed by atoms with Gasteiger partial charge in [0.15, 0.2) is 0 Å². The van der Waals surface area contributed by atoms with Crippen LogP contribution in [0.3, 0.4) is 0 Å². The van der Waals surface area contributed by atoms with Gasteiger partial charge in [-0.1, -0.05) is 42.5 Å². The fraction of sp³-hybridized carbons (Fsp3) is 0.130. The molecule has 2 amide bonds. The highest BCUT2D eigenvalue weighted by Crippen LogP contribution is 2.18. The average Bonchev–Trinajstić information content (AvgIpc) is 2.76. The molecule has 0 saturated carbocycles. The van der Waals surface area contributed by atoms with Gasteiger partial charge in [-0.3, -0.25) is 9.59 Å². The van der Waals surface area contributed by atoms with Crippen LogP contribution in [0.2, 0.25) is 0 Å². The topological polar surface area (TPSA) is 90.7 Å². The molecule has 6 nitrogen and oxygen atoms in total. The number of hydrogen-bond acceptors (Lipinski definition) is 4. The van der Waals surface area contributed by atoms with Crippen LogP contribution in [0.5, 0.6) is 11.5 Å². The van der Waals surface area contributed by atoms with E-state index in [4.69, 9.17) is 15.2 Å². The number of nitrogens with one attached hydrogen (secondary N) is 1. The van der Waals surface area contributed by atoms with Gasteiger partial charge in [-0.15, -0.1) is 0 Å². The maximum Gasteiger partial charge on any atom is 0.255 e. The van der Waals surface area contributed by atoms with Gasteiger partial charge >= 0.3 is 0 Å². The van der Waals surface area contributed by atoms with Gasteiger partial charge in [0, 0.05) is 12.1 Å². The van der Waals surface area contributed by atoms with Crippen molar-refractivity contribution < 1.29 is 19.1 Å². The Morgan fingerprint density at radius 3 is 2.34 bits per heavy atom. The summed E-state index contributed by atoms with van der Waals surface area (Å²) in [5.41, 5.74) is 6.90. The third-order valence-corrected chi connectivity index (χ3v) is 4.15. The van der Waals surface area contributed by atoms with E-state index in [9.17, 15) is 9.59 Å². The van der Waals surface area contributed by atoms with E-state index in [1.54, 1.807) is 42.5 Å². The summed E-state index contributed by atoms with van der Waals surface area (Å²) in [6.07, 6.45) is 0. The van der Waals surface area contributed by atoms with Gasteiger partial charge in [0.2, 0.25) is 5.91 Å². The minimum absolute atomic E-state index is 0.269. The summed E-state index contributed by atoms with van der Waals surface area (Å²) in [4.78, 5) is 23.9. The summed E-state index contributed by atoms with van der Waals surface area (Å²) < 4.78 is 11.3. The van der Waals surface area contributed by atoms with Gasteiger partial charge in [0.1, 0.15) is 24.7 Å². The van der Waals surface area contributed by atoms with Crippen LogP contribution >= 0.6 is 0 Å². The molecule has 0 aliphatic rings. The molecule has 0 bridgehead atoms. The molecule has 0 heterocycles. The summed E-state index contributed by atoms with van der Waals surface area (Å²) in [7, 11) is 0. The zero-order valence-electron chi connectivity index (χ0n) is 15.8. The minimum atomic E-state index is -0.505. The first kappa shape index (κ1) is 19.9. The Bertz CT molecular complexity index is 973. The lowest BCUT2D eigenvalue weighted by atomic mass is 10.1. The Hall–Kier alpha value is -3.80. The first-order chi connectivity index (χ1) is 14.1. The summed E-state index contributed by atoms with van der Waals surface area (Å²) >= 11 is 0. The molecule has 0 unspecified atom stereocenters. The normalized spacial score (nSPS) is 10.2. The van der Waals surface area contributed by atoms with Gasteiger partial charge in [0.25, 0.3) is 5.91 Å². The van der Waals surface area contributed by atoms with Crippen LogP contribution < -0.4 is 20.5 Å². The smallest absolute Gasteiger partial charge is 0.255 e. The van der Waals surface area contributed by atoms with Crippen molar-refractivity contribution in [1.29, 1.82) is 0 Å². The van der Waals surface area contributed by atoms with Crippen LogP contribution in [0.4, 0.5) is 0 Å². The number of carbonyl (C=O) groups is 2. The molecule has 3 aromatic rings. The van der Waals surface area contributed by atoms with Crippen molar-refractivity contribution in [1.82, 2.24) is 5.32 Å². The molecule has 3 rings (SSSR count). The van der Waals surface area contributed by atoms with Crippen LogP contribution in [0.1, 0.15) is 26.3 Å². The minimum Gasteiger partial charge on any atom is -0.490 e. The van der Waals surface area contributed by atoms with E-state index >= 15 is 0 Å². The molecule has 0 spiro atoms. The monoisotopic (exact) mass is 390 g/mol. The number of ether oxygens (including phenoxy) is 2. The maximum atomic E-state index is 12.6. The van der Waals surface area contributed by atoms with E-state index in [2.05, 4.69) is 5.32 Å². The second kappa shape index (κ2) is 9.94. The standard InChI is InChI=1S/C23H22N2O4/c24-22(26)18-8-6-7-17(15-18)16-25-23(27)20-11-4-5-12-21(20)29-14-13-28-19-9-2-1-3-10-19/h1-12,15H,13-14,16H2,(H2,24,26)(H,25,27). The third-order valence-electron chi connectivity index (χ3n) is 4.15. The van der Waals surface area contributed by atoms with Crippen molar-refractivity contribution >= 4 is 11.8 Å². The Kier molecular flexibility index (Phi) is 6.84. The Balaban J connectivity index is 1.55. The third kappa shape index (κ3) is 5.84. The largest absolute Gasteiger partial charge is 0.490 e. The lowest BCUT2D eigenvalue weighted by Gasteiger charge is -2.12. The van der Waals surface area contributed by atoms with Gasteiger partial charge in [-0.2, -0.15) is 0 Å². The van der Waals surface area contributed by atoms with Crippen molar-refractivity contribution in [2.75, 3.05) is 13.2 Å². The van der Waals surface area contributed by atoms with Crippen molar-refractivity contribution in [2.24, 2.45) is 5.73 Å². The summed E-state index contributed by atoms with van der Waals surface area (Å²) in [6.45, 7) is 0.936. The number of benzene rings is 3. The molecule has 0 fully saturated rings. The first-order valence-corrected chi connectivity index (χ1v) is 9.20. The molecule has 3 N–H and O–H groups in total. The Morgan fingerprint density at radius 1 is 0.828 bits per heavy atom. The van der Waals surface area contributed by atoms with E-state index in [1.807, 2.05) is 36.4 Å². The molecule has 0 saturated heterocycles. The fourth-order valence-electron chi connectivity index (χ4n) is 2.72. The quantitative estimate of drug-likeness (QED) is 0.549.